The molecule has 0 spiro atoms. The SMILES string of the molecule is CCc1ccc(CN(C(=O)/C=C/c2ccc(C)cc2)[C@@H](Cc2ccccc2)C(=O)N2CCN(Cc3ccccc3)CC2)cc1. The number of hydrogen-bond donors (Lipinski definition) is 0. The zero-order valence-electron chi connectivity index (χ0n) is 25.9. The van der Waals surface area contributed by atoms with E-state index in [0.29, 0.717) is 26.1 Å². The molecule has 0 aliphatic carbocycles. The molecule has 0 radical (unpaired) electrons. The van der Waals surface area contributed by atoms with Gasteiger partial charge in [-0.3, -0.25) is 14.5 Å². The third kappa shape index (κ3) is 8.55. The van der Waals surface area contributed by atoms with E-state index in [1.165, 1.54) is 16.7 Å². The maximum absolute atomic E-state index is 14.4. The van der Waals surface area contributed by atoms with Gasteiger partial charge in [0.25, 0.3) is 0 Å². The Morgan fingerprint density at radius 3 is 1.93 bits per heavy atom. The zero-order chi connectivity index (χ0) is 30.7. The van der Waals surface area contributed by atoms with Crippen LogP contribution in [0.15, 0.2) is 115 Å². The second kappa shape index (κ2) is 15.3. The molecule has 0 N–H and O–H groups in total. The van der Waals surface area contributed by atoms with E-state index >= 15 is 0 Å². The van der Waals surface area contributed by atoms with Crippen LogP contribution < -0.4 is 0 Å². The lowest BCUT2D eigenvalue weighted by molar-refractivity contribution is -0.145. The first kappa shape index (κ1) is 31.0. The predicted molar refractivity (Wildman–Crippen MR) is 179 cm³/mol. The summed E-state index contributed by atoms with van der Waals surface area (Å²) in [6, 6.07) is 36.4. The van der Waals surface area contributed by atoms with Crippen LogP contribution in [-0.2, 0) is 35.5 Å². The van der Waals surface area contributed by atoms with Crippen molar-refractivity contribution in [3.63, 3.8) is 0 Å². The van der Waals surface area contributed by atoms with E-state index < -0.39 is 6.04 Å². The lowest BCUT2D eigenvalue weighted by atomic mass is 10.0. The summed E-state index contributed by atoms with van der Waals surface area (Å²) in [5.74, 6) is -0.155. The summed E-state index contributed by atoms with van der Waals surface area (Å²) in [6.07, 6.45) is 4.88. The summed E-state index contributed by atoms with van der Waals surface area (Å²) in [6.45, 7) is 8.31. The Labute approximate surface area is 262 Å². The highest BCUT2D eigenvalue weighted by molar-refractivity contribution is 5.95. The van der Waals surface area contributed by atoms with Crippen molar-refractivity contribution < 1.29 is 9.59 Å². The topological polar surface area (TPSA) is 43.9 Å². The van der Waals surface area contributed by atoms with Crippen molar-refractivity contribution in [2.75, 3.05) is 26.2 Å². The van der Waals surface area contributed by atoms with E-state index in [1.807, 2.05) is 78.6 Å². The van der Waals surface area contributed by atoms with E-state index in [0.717, 1.165) is 42.7 Å². The van der Waals surface area contributed by atoms with Crippen LogP contribution in [0.5, 0.6) is 0 Å². The summed E-state index contributed by atoms with van der Waals surface area (Å²) < 4.78 is 0. The van der Waals surface area contributed by atoms with E-state index in [4.69, 9.17) is 0 Å². The second-order valence-electron chi connectivity index (χ2n) is 11.7. The van der Waals surface area contributed by atoms with E-state index in [9.17, 15) is 9.59 Å². The Bertz CT molecular complexity index is 1510. The van der Waals surface area contributed by atoms with Crippen LogP contribution in [0, 0.1) is 6.92 Å². The summed E-state index contributed by atoms with van der Waals surface area (Å²) >= 11 is 0. The lowest BCUT2D eigenvalue weighted by Crippen LogP contribution is -2.56. The monoisotopic (exact) mass is 585 g/mol. The highest BCUT2D eigenvalue weighted by atomic mass is 16.2. The first-order chi connectivity index (χ1) is 21.5. The Balaban J connectivity index is 1.40. The maximum atomic E-state index is 14.4. The summed E-state index contributed by atoms with van der Waals surface area (Å²) in [7, 11) is 0. The van der Waals surface area contributed by atoms with Crippen LogP contribution in [0.25, 0.3) is 6.08 Å². The number of rotatable bonds is 11. The average molecular weight is 586 g/mol. The fraction of sp³-hybridized carbons (Fsp3) is 0.282. The summed E-state index contributed by atoms with van der Waals surface area (Å²) in [5.41, 5.74) is 6.70. The van der Waals surface area contributed by atoms with Gasteiger partial charge in [-0.1, -0.05) is 122 Å². The minimum Gasteiger partial charge on any atom is -0.338 e. The normalized spacial score (nSPS) is 14.5. The Hall–Kier alpha value is -4.48. The van der Waals surface area contributed by atoms with Crippen LogP contribution in [-0.4, -0.2) is 58.7 Å². The van der Waals surface area contributed by atoms with Crippen molar-refractivity contribution >= 4 is 17.9 Å². The quantitative estimate of drug-likeness (QED) is 0.187. The molecular weight excluding hydrogens is 542 g/mol. The van der Waals surface area contributed by atoms with Gasteiger partial charge >= 0.3 is 0 Å². The maximum Gasteiger partial charge on any atom is 0.247 e. The van der Waals surface area contributed by atoms with Crippen LogP contribution in [0.2, 0.25) is 0 Å². The third-order valence-corrected chi connectivity index (χ3v) is 8.43. The van der Waals surface area contributed by atoms with Gasteiger partial charge < -0.3 is 9.80 Å². The fourth-order valence-corrected chi connectivity index (χ4v) is 5.71. The van der Waals surface area contributed by atoms with Crippen molar-refractivity contribution in [1.29, 1.82) is 0 Å². The number of piperazine rings is 1. The smallest absolute Gasteiger partial charge is 0.247 e. The minimum atomic E-state index is -0.626. The van der Waals surface area contributed by atoms with Crippen LogP contribution >= 0.6 is 0 Å². The van der Waals surface area contributed by atoms with Crippen molar-refractivity contribution in [3.8, 4) is 0 Å². The van der Waals surface area contributed by atoms with Gasteiger partial charge in [-0.15, -0.1) is 0 Å². The molecule has 4 aromatic carbocycles. The van der Waals surface area contributed by atoms with Crippen molar-refractivity contribution in [3.05, 3.63) is 149 Å². The van der Waals surface area contributed by atoms with E-state index in [2.05, 4.69) is 60.4 Å². The van der Waals surface area contributed by atoms with Crippen molar-refractivity contribution in [2.24, 2.45) is 0 Å². The molecule has 0 aromatic heterocycles. The van der Waals surface area contributed by atoms with Crippen LogP contribution in [0.4, 0.5) is 0 Å². The van der Waals surface area contributed by atoms with Gasteiger partial charge in [0.2, 0.25) is 11.8 Å². The molecule has 1 saturated heterocycles. The number of benzene rings is 4. The molecule has 0 unspecified atom stereocenters. The van der Waals surface area contributed by atoms with Gasteiger partial charge in [-0.25, -0.2) is 0 Å². The van der Waals surface area contributed by atoms with Gasteiger partial charge in [0.15, 0.2) is 0 Å². The average Bonchev–Trinajstić information content (AvgIpc) is 3.07. The second-order valence-corrected chi connectivity index (χ2v) is 11.7. The Kier molecular flexibility index (Phi) is 10.8. The molecule has 2 amide bonds. The molecular formula is C39H43N3O2. The predicted octanol–water partition coefficient (Wildman–Crippen LogP) is 6.56. The van der Waals surface area contributed by atoms with Crippen molar-refractivity contribution in [2.45, 2.75) is 45.8 Å². The molecule has 226 valence electrons. The number of hydrogen-bond acceptors (Lipinski definition) is 3. The molecule has 4 aromatic rings. The molecule has 1 heterocycles. The highest BCUT2D eigenvalue weighted by Crippen LogP contribution is 2.20. The molecule has 1 aliphatic heterocycles. The van der Waals surface area contributed by atoms with Crippen LogP contribution in [0.1, 0.15) is 40.3 Å². The molecule has 5 rings (SSSR count). The first-order valence-corrected chi connectivity index (χ1v) is 15.7. The van der Waals surface area contributed by atoms with E-state index in [1.54, 1.807) is 11.0 Å². The van der Waals surface area contributed by atoms with Gasteiger partial charge in [-0.2, -0.15) is 0 Å². The first-order valence-electron chi connectivity index (χ1n) is 15.7. The van der Waals surface area contributed by atoms with Gasteiger partial charge in [-0.05, 0) is 47.2 Å². The lowest BCUT2D eigenvalue weighted by Gasteiger charge is -2.39. The molecule has 5 heteroatoms. The molecule has 0 bridgehead atoms. The number of carbonyl (C=O) groups is 2. The largest absolute Gasteiger partial charge is 0.338 e. The fourth-order valence-electron chi connectivity index (χ4n) is 5.71. The number of aryl methyl sites for hydroxylation is 2. The third-order valence-electron chi connectivity index (χ3n) is 8.43. The number of amides is 2. The van der Waals surface area contributed by atoms with Crippen molar-refractivity contribution in [1.82, 2.24) is 14.7 Å². The van der Waals surface area contributed by atoms with Gasteiger partial charge in [0, 0.05) is 51.8 Å². The molecule has 1 aliphatic rings. The number of nitrogens with zero attached hydrogens (tertiary/aromatic N) is 3. The molecule has 44 heavy (non-hydrogen) atoms. The summed E-state index contributed by atoms with van der Waals surface area (Å²) in [5, 5.41) is 0. The van der Waals surface area contributed by atoms with Gasteiger partial charge in [0.05, 0.1) is 0 Å². The molecule has 1 atom stereocenters. The number of carbonyl (C=O) groups excluding carboxylic acids is 2. The van der Waals surface area contributed by atoms with E-state index in [-0.39, 0.29) is 11.8 Å². The molecule has 1 fully saturated rings. The Morgan fingerprint density at radius 1 is 0.727 bits per heavy atom. The minimum absolute atomic E-state index is 0.00970. The highest BCUT2D eigenvalue weighted by Gasteiger charge is 2.34. The summed E-state index contributed by atoms with van der Waals surface area (Å²) in [4.78, 5) is 34.6. The molecule has 0 saturated carbocycles. The standard InChI is InChI=1S/C39H43N3O2/c1-3-32-18-20-36(21-19-32)30-42(38(43)23-22-33-16-14-31(2)15-17-33)37(28-34-10-6-4-7-11-34)39(44)41-26-24-40(25-27-41)29-35-12-8-5-9-13-35/h4-23,37H,3,24-30H2,1-2H3/b23-22+/t37-/m0/s1. The molecule has 5 nitrogen and oxygen atoms in total. The zero-order valence-corrected chi connectivity index (χ0v) is 25.9. The Morgan fingerprint density at radius 2 is 1.32 bits per heavy atom. The van der Waals surface area contributed by atoms with Crippen LogP contribution in [0.3, 0.4) is 0 Å². The van der Waals surface area contributed by atoms with Gasteiger partial charge in [0.1, 0.15) is 6.04 Å².